The molecule has 5 nitrogen and oxygen atoms in total. The average Bonchev–Trinajstić information content (AvgIpc) is 3.16. The van der Waals surface area contributed by atoms with E-state index in [1.54, 1.807) is 11.8 Å². The Balaban J connectivity index is 1.57. The number of nitrogens with zero attached hydrogens (tertiary/aromatic N) is 4. The van der Waals surface area contributed by atoms with Crippen LogP contribution in [0.4, 0.5) is 5.95 Å². The van der Waals surface area contributed by atoms with Gasteiger partial charge in [0.2, 0.25) is 5.95 Å². The number of morpholine rings is 1. The number of hydrogen-bond donors (Lipinski definition) is 0. The molecule has 0 unspecified atom stereocenters. The van der Waals surface area contributed by atoms with Crippen LogP contribution >= 0.6 is 11.8 Å². The molecule has 0 N–H and O–H groups in total. The van der Waals surface area contributed by atoms with Crippen LogP contribution < -0.4 is 4.90 Å². The van der Waals surface area contributed by atoms with Crippen LogP contribution in [0.25, 0.3) is 11.8 Å². The van der Waals surface area contributed by atoms with Crippen molar-refractivity contribution in [2.24, 2.45) is 0 Å². The summed E-state index contributed by atoms with van der Waals surface area (Å²) in [6.45, 7) is 5.23. The van der Waals surface area contributed by atoms with E-state index < -0.39 is 0 Å². The number of benzene rings is 2. The van der Waals surface area contributed by atoms with E-state index >= 15 is 0 Å². The van der Waals surface area contributed by atoms with Crippen LogP contribution in [0.3, 0.4) is 0 Å². The van der Waals surface area contributed by atoms with E-state index in [0.29, 0.717) is 0 Å². The average molecular weight is 393 g/mol. The highest BCUT2D eigenvalue weighted by molar-refractivity contribution is 7.99. The molecule has 144 valence electrons. The van der Waals surface area contributed by atoms with Crippen LogP contribution in [0.15, 0.2) is 65.8 Å². The van der Waals surface area contributed by atoms with E-state index in [1.165, 1.54) is 11.1 Å². The maximum atomic E-state index is 5.50. The molecule has 0 spiro atoms. The van der Waals surface area contributed by atoms with Crippen LogP contribution in [-0.2, 0) is 4.74 Å². The van der Waals surface area contributed by atoms with Crippen molar-refractivity contribution in [1.82, 2.24) is 14.8 Å². The Morgan fingerprint density at radius 3 is 2.64 bits per heavy atom. The van der Waals surface area contributed by atoms with E-state index in [2.05, 4.69) is 87.3 Å². The van der Waals surface area contributed by atoms with Crippen LogP contribution in [0.5, 0.6) is 0 Å². The summed E-state index contributed by atoms with van der Waals surface area (Å²) in [4.78, 5) is 2.25. The number of ether oxygens (including phenoxy) is 1. The fourth-order valence-electron chi connectivity index (χ4n) is 3.19. The number of aryl methyl sites for hydroxylation is 1. The number of thioether (sulfide) groups is 1. The monoisotopic (exact) mass is 392 g/mol. The molecule has 0 radical (unpaired) electrons. The van der Waals surface area contributed by atoms with Gasteiger partial charge in [0.25, 0.3) is 0 Å². The molecular formula is C22H24N4OS. The Morgan fingerprint density at radius 2 is 1.86 bits per heavy atom. The van der Waals surface area contributed by atoms with Gasteiger partial charge in [-0.15, -0.1) is 10.2 Å². The number of rotatable bonds is 6. The normalized spacial score (nSPS) is 14.7. The SMILES string of the molecule is Cc1cccc(-n2c(SCC=Cc3ccccc3)nnc2N2CCOCC2)c1. The highest BCUT2D eigenvalue weighted by atomic mass is 32.2. The Hall–Kier alpha value is -2.57. The molecule has 4 rings (SSSR count). The molecule has 0 saturated carbocycles. The van der Waals surface area contributed by atoms with Crippen molar-refractivity contribution in [2.75, 3.05) is 37.0 Å². The zero-order chi connectivity index (χ0) is 19.2. The fourth-order valence-corrected chi connectivity index (χ4v) is 3.94. The molecule has 2 heterocycles. The first-order valence-corrected chi connectivity index (χ1v) is 10.5. The minimum atomic E-state index is 0.725. The maximum absolute atomic E-state index is 5.50. The summed E-state index contributed by atoms with van der Waals surface area (Å²) < 4.78 is 7.67. The Bertz CT molecular complexity index is 933. The highest BCUT2D eigenvalue weighted by Gasteiger charge is 2.21. The molecule has 2 aromatic carbocycles. The van der Waals surface area contributed by atoms with E-state index in [-0.39, 0.29) is 0 Å². The van der Waals surface area contributed by atoms with Crippen molar-refractivity contribution in [3.8, 4) is 5.69 Å². The molecule has 3 aromatic rings. The van der Waals surface area contributed by atoms with Crippen LogP contribution in [0.1, 0.15) is 11.1 Å². The summed E-state index contributed by atoms with van der Waals surface area (Å²) in [5, 5.41) is 9.93. The van der Waals surface area contributed by atoms with Gasteiger partial charge < -0.3 is 9.64 Å². The highest BCUT2D eigenvalue weighted by Crippen LogP contribution is 2.27. The third kappa shape index (κ3) is 4.46. The Kier molecular flexibility index (Phi) is 6.09. The molecule has 1 aromatic heterocycles. The van der Waals surface area contributed by atoms with Crippen molar-refractivity contribution in [3.63, 3.8) is 0 Å². The largest absolute Gasteiger partial charge is 0.378 e. The van der Waals surface area contributed by atoms with Gasteiger partial charge in [0.1, 0.15) is 0 Å². The van der Waals surface area contributed by atoms with E-state index in [4.69, 9.17) is 4.74 Å². The van der Waals surface area contributed by atoms with Crippen molar-refractivity contribution in [2.45, 2.75) is 12.1 Å². The molecule has 1 fully saturated rings. The second-order valence-corrected chi connectivity index (χ2v) is 7.67. The quantitative estimate of drug-likeness (QED) is 0.588. The molecule has 0 bridgehead atoms. The lowest BCUT2D eigenvalue weighted by Crippen LogP contribution is -2.37. The van der Waals surface area contributed by atoms with Gasteiger partial charge in [-0.25, -0.2) is 0 Å². The third-order valence-corrected chi connectivity index (χ3v) is 5.47. The predicted octanol–water partition coefficient (Wildman–Crippen LogP) is 4.22. The third-order valence-electron chi connectivity index (χ3n) is 4.59. The van der Waals surface area contributed by atoms with Crippen LogP contribution in [0, 0.1) is 6.92 Å². The molecule has 6 heteroatoms. The molecular weight excluding hydrogens is 368 g/mol. The zero-order valence-electron chi connectivity index (χ0n) is 16.0. The number of hydrogen-bond acceptors (Lipinski definition) is 5. The molecule has 1 saturated heterocycles. The lowest BCUT2D eigenvalue weighted by Gasteiger charge is -2.28. The van der Waals surface area contributed by atoms with Gasteiger partial charge >= 0.3 is 0 Å². The molecule has 1 aliphatic heterocycles. The molecule has 28 heavy (non-hydrogen) atoms. The zero-order valence-corrected chi connectivity index (χ0v) is 16.8. The van der Waals surface area contributed by atoms with Gasteiger partial charge in [-0.3, -0.25) is 4.57 Å². The lowest BCUT2D eigenvalue weighted by molar-refractivity contribution is 0.122. The van der Waals surface area contributed by atoms with Crippen molar-refractivity contribution < 1.29 is 4.74 Å². The topological polar surface area (TPSA) is 43.2 Å². The van der Waals surface area contributed by atoms with E-state index in [0.717, 1.165) is 48.8 Å². The molecule has 1 aliphatic rings. The van der Waals surface area contributed by atoms with Gasteiger partial charge in [0, 0.05) is 18.8 Å². The Morgan fingerprint density at radius 1 is 1.04 bits per heavy atom. The standard InChI is InChI=1S/C22H24N4OS/c1-18-7-5-11-20(17-18)26-21(25-12-14-27-15-13-25)23-24-22(26)28-16-6-10-19-8-3-2-4-9-19/h2-11,17H,12-16H2,1H3. The summed E-state index contributed by atoms with van der Waals surface area (Å²) in [6.07, 6.45) is 4.31. The first-order chi connectivity index (χ1) is 13.8. The minimum Gasteiger partial charge on any atom is -0.378 e. The van der Waals surface area contributed by atoms with E-state index in [1.807, 2.05) is 6.07 Å². The summed E-state index contributed by atoms with van der Waals surface area (Å²) >= 11 is 1.70. The second-order valence-electron chi connectivity index (χ2n) is 6.68. The maximum Gasteiger partial charge on any atom is 0.232 e. The van der Waals surface area contributed by atoms with Crippen molar-refractivity contribution >= 4 is 23.8 Å². The van der Waals surface area contributed by atoms with Gasteiger partial charge in [-0.2, -0.15) is 0 Å². The van der Waals surface area contributed by atoms with Gasteiger partial charge in [-0.05, 0) is 30.2 Å². The first-order valence-electron chi connectivity index (χ1n) is 9.51. The van der Waals surface area contributed by atoms with Crippen LogP contribution in [-0.4, -0.2) is 46.8 Å². The number of anilines is 1. The molecule has 0 atom stereocenters. The van der Waals surface area contributed by atoms with Gasteiger partial charge in [-0.1, -0.05) is 66.4 Å². The fraction of sp³-hybridized carbons (Fsp3) is 0.273. The molecule has 0 amide bonds. The second kappa shape index (κ2) is 9.08. The lowest BCUT2D eigenvalue weighted by atomic mass is 10.2. The summed E-state index contributed by atoms with van der Waals surface area (Å²) in [5.74, 6) is 1.73. The minimum absolute atomic E-state index is 0.725. The first kappa shape index (κ1) is 18.8. The van der Waals surface area contributed by atoms with E-state index in [9.17, 15) is 0 Å². The Labute approximate surface area is 170 Å². The molecule has 0 aliphatic carbocycles. The van der Waals surface area contributed by atoms with Gasteiger partial charge in [0.15, 0.2) is 5.16 Å². The summed E-state index contributed by atoms with van der Waals surface area (Å²) in [5.41, 5.74) is 3.53. The predicted molar refractivity (Wildman–Crippen MR) is 115 cm³/mol. The van der Waals surface area contributed by atoms with Crippen LogP contribution in [0.2, 0.25) is 0 Å². The smallest absolute Gasteiger partial charge is 0.232 e. The van der Waals surface area contributed by atoms with Crippen molar-refractivity contribution in [3.05, 3.63) is 71.8 Å². The van der Waals surface area contributed by atoms with Gasteiger partial charge in [0.05, 0.1) is 18.9 Å². The summed E-state index contributed by atoms with van der Waals surface area (Å²) in [7, 11) is 0. The van der Waals surface area contributed by atoms with Crippen molar-refractivity contribution in [1.29, 1.82) is 0 Å². The summed E-state index contributed by atoms with van der Waals surface area (Å²) in [6, 6.07) is 18.8. The number of aromatic nitrogens is 3.